The molecule has 2 fully saturated rings. The van der Waals surface area contributed by atoms with Crippen molar-refractivity contribution in [3.63, 3.8) is 0 Å². The van der Waals surface area contributed by atoms with E-state index in [2.05, 4.69) is 46.1 Å². The number of nitrogens with one attached hydrogen (secondary N) is 1. The van der Waals surface area contributed by atoms with Gasteiger partial charge in [-0.3, -0.25) is 9.89 Å². The minimum absolute atomic E-state index is 0.226. The summed E-state index contributed by atoms with van der Waals surface area (Å²) in [5, 5.41) is 3.55. The van der Waals surface area contributed by atoms with Crippen LogP contribution in [-0.4, -0.2) is 81.9 Å². The van der Waals surface area contributed by atoms with Crippen molar-refractivity contribution in [3.8, 4) is 5.75 Å². The van der Waals surface area contributed by atoms with E-state index in [9.17, 15) is 0 Å². The first-order chi connectivity index (χ1) is 13.6. The van der Waals surface area contributed by atoms with Gasteiger partial charge in [0.1, 0.15) is 5.75 Å². The Kier molecular flexibility index (Phi) is 7.57. The van der Waals surface area contributed by atoms with E-state index in [1.54, 1.807) is 7.11 Å². The Morgan fingerprint density at radius 3 is 2.71 bits per heavy atom. The maximum absolute atomic E-state index is 5.97. The molecule has 28 heavy (non-hydrogen) atoms. The fraction of sp³-hybridized carbons (Fsp3) is 0.682. The monoisotopic (exact) mass is 388 g/mol. The lowest BCUT2D eigenvalue weighted by atomic mass is 9.98. The molecule has 1 aromatic rings. The number of guanidine groups is 1. The molecule has 2 aliphatic heterocycles. The van der Waals surface area contributed by atoms with Crippen molar-refractivity contribution in [1.82, 2.24) is 15.1 Å². The van der Waals surface area contributed by atoms with Crippen LogP contribution in [0.4, 0.5) is 0 Å². The summed E-state index contributed by atoms with van der Waals surface area (Å²) in [7, 11) is 3.58. The highest BCUT2D eigenvalue weighted by molar-refractivity contribution is 5.80. The van der Waals surface area contributed by atoms with Gasteiger partial charge in [0.05, 0.1) is 19.8 Å². The molecule has 0 aliphatic carbocycles. The molecular formula is C22H36N4O2. The minimum atomic E-state index is 0.226. The lowest BCUT2D eigenvalue weighted by Crippen LogP contribution is -2.50. The van der Waals surface area contributed by atoms with Crippen LogP contribution in [0.15, 0.2) is 29.3 Å². The van der Waals surface area contributed by atoms with Gasteiger partial charge in [0.25, 0.3) is 0 Å². The van der Waals surface area contributed by atoms with E-state index < -0.39 is 0 Å². The molecule has 156 valence electrons. The molecule has 2 saturated heterocycles. The summed E-state index contributed by atoms with van der Waals surface area (Å²) in [6, 6.07) is 8.47. The predicted molar refractivity (Wildman–Crippen MR) is 114 cm³/mol. The molecule has 3 rings (SSSR count). The van der Waals surface area contributed by atoms with Gasteiger partial charge < -0.3 is 19.7 Å². The van der Waals surface area contributed by atoms with Crippen LogP contribution in [0, 0.1) is 5.92 Å². The topological polar surface area (TPSA) is 49.3 Å². The van der Waals surface area contributed by atoms with Crippen LogP contribution in [0.3, 0.4) is 0 Å². The fourth-order valence-corrected chi connectivity index (χ4v) is 4.22. The number of benzene rings is 1. The average Bonchev–Trinajstić information content (AvgIpc) is 3.18. The number of rotatable bonds is 6. The maximum Gasteiger partial charge on any atom is 0.193 e. The van der Waals surface area contributed by atoms with Crippen molar-refractivity contribution in [2.75, 3.05) is 60.0 Å². The molecule has 6 nitrogen and oxygen atoms in total. The van der Waals surface area contributed by atoms with Gasteiger partial charge in [-0.25, -0.2) is 0 Å². The highest BCUT2D eigenvalue weighted by Crippen LogP contribution is 2.28. The third kappa shape index (κ3) is 5.61. The number of hydrogen-bond donors (Lipinski definition) is 1. The van der Waals surface area contributed by atoms with Gasteiger partial charge in [-0.2, -0.15) is 0 Å². The van der Waals surface area contributed by atoms with E-state index in [0.717, 1.165) is 64.0 Å². The molecule has 6 heteroatoms. The zero-order valence-corrected chi connectivity index (χ0v) is 17.9. The number of aliphatic imine (C=N–C) groups is 1. The SMILES string of the molecule is CN=C(NCC1CN(CC(C)C)CCO1)N1CCC(c2ccc(OC)cc2)C1. The molecule has 1 aromatic carbocycles. The van der Waals surface area contributed by atoms with Crippen LogP contribution >= 0.6 is 0 Å². The van der Waals surface area contributed by atoms with Gasteiger partial charge in [-0.1, -0.05) is 26.0 Å². The van der Waals surface area contributed by atoms with Crippen LogP contribution < -0.4 is 10.1 Å². The molecule has 0 saturated carbocycles. The zero-order chi connectivity index (χ0) is 19.9. The standard InChI is InChI=1S/C22H36N4O2/c1-17(2)14-25-11-12-28-21(16-25)13-24-22(23-3)26-10-9-19(15-26)18-5-7-20(27-4)8-6-18/h5-8,17,19,21H,9-16H2,1-4H3,(H,23,24). The van der Waals surface area contributed by atoms with Gasteiger partial charge in [0, 0.05) is 52.2 Å². The van der Waals surface area contributed by atoms with Gasteiger partial charge >= 0.3 is 0 Å². The van der Waals surface area contributed by atoms with Crippen molar-refractivity contribution in [1.29, 1.82) is 0 Å². The van der Waals surface area contributed by atoms with Crippen LogP contribution in [0.25, 0.3) is 0 Å². The summed E-state index contributed by atoms with van der Waals surface area (Å²) in [6.45, 7) is 11.4. The van der Waals surface area contributed by atoms with Crippen molar-refractivity contribution < 1.29 is 9.47 Å². The normalized spacial score (nSPS) is 24.0. The second-order valence-corrected chi connectivity index (χ2v) is 8.28. The van der Waals surface area contributed by atoms with Crippen molar-refractivity contribution in [3.05, 3.63) is 29.8 Å². The first kappa shape index (κ1) is 20.9. The third-order valence-corrected chi connectivity index (χ3v) is 5.62. The van der Waals surface area contributed by atoms with E-state index in [4.69, 9.17) is 9.47 Å². The minimum Gasteiger partial charge on any atom is -0.497 e. The summed E-state index contributed by atoms with van der Waals surface area (Å²) >= 11 is 0. The summed E-state index contributed by atoms with van der Waals surface area (Å²) in [4.78, 5) is 9.40. The molecule has 2 heterocycles. The third-order valence-electron chi connectivity index (χ3n) is 5.62. The predicted octanol–water partition coefficient (Wildman–Crippen LogP) is 2.42. The Morgan fingerprint density at radius 1 is 1.25 bits per heavy atom. The van der Waals surface area contributed by atoms with Gasteiger partial charge in [-0.05, 0) is 30.0 Å². The smallest absolute Gasteiger partial charge is 0.193 e. The number of likely N-dealkylation sites (tertiary alicyclic amines) is 1. The van der Waals surface area contributed by atoms with Crippen LogP contribution in [-0.2, 0) is 4.74 Å². The Morgan fingerprint density at radius 2 is 2.04 bits per heavy atom. The second kappa shape index (κ2) is 10.1. The van der Waals surface area contributed by atoms with E-state index in [0.29, 0.717) is 11.8 Å². The number of morpholine rings is 1. The fourth-order valence-electron chi connectivity index (χ4n) is 4.22. The Bertz CT molecular complexity index is 632. The van der Waals surface area contributed by atoms with E-state index in [1.807, 2.05) is 19.2 Å². The second-order valence-electron chi connectivity index (χ2n) is 8.28. The molecule has 2 unspecified atom stereocenters. The largest absolute Gasteiger partial charge is 0.497 e. The number of methoxy groups -OCH3 is 1. The van der Waals surface area contributed by atoms with Crippen molar-refractivity contribution >= 4 is 5.96 Å². The maximum atomic E-state index is 5.97. The van der Waals surface area contributed by atoms with Gasteiger partial charge in [0.2, 0.25) is 0 Å². The molecule has 0 spiro atoms. The molecule has 1 N–H and O–H groups in total. The Hall–Kier alpha value is -1.79. The highest BCUT2D eigenvalue weighted by Gasteiger charge is 2.27. The summed E-state index contributed by atoms with van der Waals surface area (Å²) in [5.74, 6) is 3.13. The van der Waals surface area contributed by atoms with Gasteiger partial charge in [0.15, 0.2) is 5.96 Å². The number of hydrogen-bond acceptors (Lipinski definition) is 4. The van der Waals surface area contributed by atoms with Crippen molar-refractivity contribution in [2.45, 2.75) is 32.3 Å². The Balaban J connectivity index is 1.49. The lowest BCUT2D eigenvalue weighted by molar-refractivity contribution is -0.0286. The van der Waals surface area contributed by atoms with Crippen LogP contribution in [0.2, 0.25) is 0 Å². The zero-order valence-electron chi connectivity index (χ0n) is 17.9. The molecule has 0 radical (unpaired) electrons. The molecule has 0 bridgehead atoms. The quantitative estimate of drug-likeness (QED) is 0.599. The molecule has 2 aliphatic rings. The van der Waals surface area contributed by atoms with E-state index in [-0.39, 0.29) is 6.10 Å². The Labute approximate surface area is 169 Å². The number of ether oxygens (including phenoxy) is 2. The van der Waals surface area contributed by atoms with Gasteiger partial charge in [-0.15, -0.1) is 0 Å². The average molecular weight is 389 g/mol. The van der Waals surface area contributed by atoms with Crippen molar-refractivity contribution in [2.24, 2.45) is 10.9 Å². The highest BCUT2D eigenvalue weighted by atomic mass is 16.5. The molecule has 0 amide bonds. The van der Waals surface area contributed by atoms with Crippen LogP contribution in [0.5, 0.6) is 5.75 Å². The number of nitrogens with zero attached hydrogens (tertiary/aromatic N) is 3. The summed E-state index contributed by atoms with van der Waals surface area (Å²) < 4.78 is 11.2. The van der Waals surface area contributed by atoms with E-state index in [1.165, 1.54) is 5.56 Å². The molecular weight excluding hydrogens is 352 g/mol. The molecule has 0 aromatic heterocycles. The first-order valence-corrected chi connectivity index (χ1v) is 10.5. The first-order valence-electron chi connectivity index (χ1n) is 10.5. The van der Waals surface area contributed by atoms with Crippen LogP contribution in [0.1, 0.15) is 31.7 Å². The summed E-state index contributed by atoms with van der Waals surface area (Å²) in [6.07, 6.45) is 1.37. The van der Waals surface area contributed by atoms with E-state index >= 15 is 0 Å². The lowest BCUT2D eigenvalue weighted by Gasteiger charge is -2.34. The summed E-state index contributed by atoms with van der Waals surface area (Å²) in [5.41, 5.74) is 1.37. The molecule has 2 atom stereocenters.